The van der Waals surface area contributed by atoms with Crippen LogP contribution in [0.3, 0.4) is 0 Å². The summed E-state index contributed by atoms with van der Waals surface area (Å²) >= 11 is 4.97. The van der Waals surface area contributed by atoms with Crippen LogP contribution >= 0.6 is 12.2 Å². The van der Waals surface area contributed by atoms with Gasteiger partial charge in [-0.15, -0.1) is 0 Å². The molecule has 1 aliphatic rings. The lowest BCUT2D eigenvalue weighted by Gasteiger charge is -2.16. The Morgan fingerprint density at radius 1 is 1.67 bits per heavy atom. The minimum atomic E-state index is -1.00. The van der Waals surface area contributed by atoms with Gasteiger partial charge < -0.3 is 10.4 Å². The highest BCUT2D eigenvalue weighted by atomic mass is 32.1. The van der Waals surface area contributed by atoms with Crippen LogP contribution in [0.1, 0.15) is 20.3 Å². The maximum absolute atomic E-state index is 11.7. The van der Waals surface area contributed by atoms with Crippen molar-refractivity contribution in [2.24, 2.45) is 5.92 Å². The summed E-state index contributed by atoms with van der Waals surface area (Å²) < 4.78 is 0. The first kappa shape index (κ1) is 11.9. The Morgan fingerprint density at radius 3 is 2.73 bits per heavy atom. The summed E-state index contributed by atoms with van der Waals surface area (Å²) in [6, 6.07) is -0.700. The summed E-state index contributed by atoms with van der Waals surface area (Å²) in [6.45, 7) is 4.47. The zero-order valence-corrected chi connectivity index (χ0v) is 9.50. The average Bonchev–Trinajstić information content (AvgIpc) is 2.31. The Bertz CT molecular complexity index is 304. The van der Waals surface area contributed by atoms with Crippen LogP contribution in [0.25, 0.3) is 0 Å². The summed E-state index contributed by atoms with van der Waals surface area (Å²) in [5, 5.41) is 11.6. The third kappa shape index (κ3) is 2.89. The van der Waals surface area contributed by atoms with Crippen LogP contribution in [0.5, 0.6) is 0 Å². The summed E-state index contributed by atoms with van der Waals surface area (Å²) in [6.07, 6.45) is -0.229. The molecule has 1 heterocycles. The van der Waals surface area contributed by atoms with E-state index in [9.17, 15) is 9.59 Å². The van der Waals surface area contributed by atoms with Crippen LogP contribution in [-0.2, 0) is 9.59 Å². The van der Waals surface area contributed by atoms with Crippen LogP contribution in [-0.4, -0.2) is 39.6 Å². The maximum Gasteiger partial charge on any atom is 0.305 e. The Hall–Kier alpha value is -1.17. The molecule has 0 spiro atoms. The normalized spacial score (nSPS) is 21.0. The van der Waals surface area contributed by atoms with Gasteiger partial charge in [0.25, 0.3) is 5.91 Å². The van der Waals surface area contributed by atoms with E-state index in [1.807, 2.05) is 13.8 Å². The number of carbonyl (C=O) groups excluding carboxylic acids is 1. The maximum atomic E-state index is 11.7. The molecule has 1 atom stereocenters. The fourth-order valence-corrected chi connectivity index (χ4v) is 1.73. The Labute approximate surface area is 93.4 Å². The molecular weight excluding hydrogens is 216 g/mol. The highest BCUT2D eigenvalue weighted by Gasteiger charge is 2.36. The van der Waals surface area contributed by atoms with Crippen molar-refractivity contribution in [1.29, 1.82) is 0 Å². The van der Waals surface area contributed by atoms with Crippen molar-refractivity contribution in [1.82, 2.24) is 10.2 Å². The molecular formula is C9H14N2O3S. The van der Waals surface area contributed by atoms with Crippen LogP contribution < -0.4 is 5.32 Å². The second kappa shape index (κ2) is 4.57. The number of hydrogen-bond acceptors (Lipinski definition) is 3. The predicted molar refractivity (Wildman–Crippen MR) is 58.3 cm³/mol. The lowest BCUT2D eigenvalue weighted by atomic mass is 10.2. The van der Waals surface area contributed by atoms with E-state index >= 15 is 0 Å². The quantitative estimate of drug-likeness (QED) is 0.675. The minimum absolute atomic E-state index is 0.229. The number of carboxylic acid groups (broad SMARTS) is 1. The van der Waals surface area contributed by atoms with Gasteiger partial charge in [0.05, 0.1) is 6.42 Å². The third-order valence-electron chi connectivity index (χ3n) is 2.03. The van der Waals surface area contributed by atoms with Gasteiger partial charge in [0.1, 0.15) is 6.04 Å². The number of hydrogen-bond donors (Lipinski definition) is 2. The molecule has 1 fully saturated rings. The molecule has 2 N–H and O–H groups in total. The number of rotatable bonds is 4. The number of amides is 1. The number of carboxylic acids is 1. The largest absolute Gasteiger partial charge is 0.481 e. The first-order valence-electron chi connectivity index (χ1n) is 4.75. The Balaban J connectivity index is 2.66. The molecule has 1 rings (SSSR count). The minimum Gasteiger partial charge on any atom is -0.481 e. The fourth-order valence-electron chi connectivity index (χ4n) is 1.43. The lowest BCUT2D eigenvalue weighted by Crippen LogP contribution is -2.34. The fraction of sp³-hybridized carbons (Fsp3) is 0.667. The lowest BCUT2D eigenvalue weighted by molar-refractivity contribution is -0.140. The number of thiocarbonyl (C=S) groups is 1. The molecule has 0 radical (unpaired) electrons. The van der Waals surface area contributed by atoms with Gasteiger partial charge in [0, 0.05) is 6.54 Å². The van der Waals surface area contributed by atoms with Crippen molar-refractivity contribution >= 4 is 29.2 Å². The van der Waals surface area contributed by atoms with Gasteiger partial charge in [-0.25, -0.2) is 0 Å². The topological polar surface area (TPSA) is 69.6 Å². The highest BCUT2D eigenvalue weighted by Crippen LogP contribution is 2.11. The van der Waals surface area contributed by atoms with E-state index in [4.69, 9.17) is 17.3 Å². The molecule has 0 saturated carbocycles. The average molecular weight is 230 g/mol. The molecule has 1 amide bonds. The van der Waals surface area contributed by atoms with E-state index in [-0.39, 0.29) is 12.3 Å². The third-order valence-corrected chi connectivity index (χ3v) is 2.37. The summed E-state index contributed by atoms with van der Waals surface area (Å²) in [5.74, 6) is -0.941. The van der Waals surface area contributed by atoms with Gasteiger partial charge in [0.2, 0.25) is 0 Å². The molecule has 0 aromatic rings. The van der Waals surface area contributed by atoms with Crippen molar-refractivity contribution in [3.8, 4) is 0 Å². The first-order valence-corrected chi connectivity index (χ1v) is 5.16. The number of nitrogens with zero attached hydrogens (tertiary/aromatic N) is 1. The van der Waals surface area contributed by atoms with E-state index in [2.05, 4.69) is 5.32 Å². The molecule has 1 saturated heterocycles. The van der Waals surface area contributed by atoms with E-state index in [0.717, 1.165) is 0 Å². The molecule has 0 unspecified atom stereocenters. The monoisotopic (exact) mass is 230 g/mol. The van der Waals surface area contributed by atoms with E-state index in [1.165, 1.54) is 4.90 Å². The van der Waals surface area contributed by atoms with Crippen LogP contribution in [0.4, 0.5) is 0 Å². The molecule has 5 nitrogen and oxygen atoms in total. The molecule has 0 bridgehead atoms. The van der Waals surface area contributed by atoms with E-state index in [1.54, 1.807) is 0 Å². The SMILES string of the molecule is CC(C)CN1C(=O)[C@@H](CC(=O)O)NC1=S. The van der Waals surface area contributed by atoms with E-state index in [0.29, 0.717) is 17.6 Å². The van der Waals surface area contributed by atoms with Crippen molar-refractivity contribution in [3.05, 3.63) is 0 Å². The summed E-state index contributed by atoms with van der Waals surface area (Å²) in [5.41, 5.74) is 0. The smallest absolute Gasteiger partial charge is 0.305 e. The van der Waals surface area contributed by atoms with Gasteiger partial charge in [-0.1, -0.05) is 13.8 Å². The zero-order valence-electron chi connectivity index (χ0n) is 8.69. The van der Waals surface area contributed by atoms with Crippen LogP contribution in [0, 0.1) is 5.92 Å². The van der Waals surface area contributed by atoms with Crippen molar-refractivity contribution < 1.29 is 14.7 Å². The molecule has 15 heavy (non-hydrogen) atoms. The standard InChI is InChI=1S/C9H14N2O3S/c1-5(2)4-11-8(14)6(3-7(12)13)10-9(11)15/h5-6H,3-4H2,1-2H3,(H,10,15)(H,12,13)/t6-/m1/s1. The van der Waals surface area contributed by atoms with Gasteiger partial charge in [0.15, 0.2) is 5.11 Å². The van der Waals surface area contributed by atoms with Gasteiger partial charge in [-0.05, 0) is 18.1 Å². The van der Waals surface area contributed by atoms with Crippen molar-refractivity contribution in [3.63, 3.8) is 0 Å². The molecule has 0 aromatic carbocycles. The van der Waals surface area contributed by atoms with Crippen LogP contribution in [0.2, 0.25) is 0 Å². The number of carbonyl (C=O) groups is 2. The van der Waals surface area contributed by atoms with Crippen molar-refractivity contribution in [2.45, 2.75) is 26.3 Å². The zero-order chi connectivity index (χ0) is 11.6. The summed E-state index contributed by atoms with van der Waals surface area (Å²) in [4.78, 5) is 23.6. The molecule has 0 aromatic heterocycles. The molecule has 6 heteroatoms. The van der Waals surface area contributed by atoms with Gasteiger partial charge >= 0.3 is 5.97 Å². The van der Waals surface area contributed by atoms with Gasteiger partial charge in [-0.3, -0.25) is 14.5 Å². The second-order valence-corrected chi connectivity index (χ2v) is 4.33. The van der Waals surface area contributed by atoms with Crippen molar-refractivity contribution in [2.75, 3.05) is 6.54 Å². The van der Waals surface area contributed by atoms with E-state index < -0.39 is 12.0 Å². The summed E-state index contributed by atoms with van der Waals surface area (Å²) in [7, 11) is 0. The first-order chi connectivity index (χ1) is 6.91. The molecule has 0 aliphatic carbocycles. The molecule has 1 aliphatic heterocycles. The predicted octanol–water partition coefficient (Wildman–Crippen LogP) is 0.202. The molecule has 84 valence electrons. The Kier molecular flexibility index (Phi) is 3.62. The number of aliphatic carboxylic acids is 1. The number of nitrogens with one attached hydrogen (secondary N) is 1. The van der Waals surface area contributed by atoms with Gasteiger partial charge in [-0.2, -0.15) is 0 Å². The highest BCUT2D eigenvalue weighted by molar-refractivity contribution is 7.80. The Morgan fingerprint density at radius 2 is 2.27 bits per heavy atom. The second-order valence-electron chi connectivity index (χ2n) is 3.94. The van der Waals surface area contributed by atoms with Crippen LogP contribution in [0.15, 0.2) is 0 Å².